The molecule has 0 unspecified atom stereocenters. The predicted octanol–water partition coefficient (Wildman–Crippen LogP) is 3.19. The monoisotopic (exact) mass is 434 g/mol. The number of hydrogen-bond donors (Lipinski definition) is 1. The van der Waals surface area contributed by atoms with E-state index in [9.17, 15) is 0 Å². The molecule has 5 heterocycles. The van der Waals surface area contributed by atoms with Gasteiger partial charge in [0.15, 0.2) is 5.82 Å². The van der Waals surface area contributed by atoms with Gasteiger partial charge in [-0.05, 0) is 43.6 Å². The molecule has 0 saturated carbocycles. The zero-order valence-corrected chi connectivity index (χ0v) is 18.5. The van der Waals surface area contributed by atoms with Crippen molar-refractivity contribution in [1.29, 1.82) is 0 Å². The molecule has 2 aliphatic rings. The second-order valence-corrected chi connectivity index (χ2v) is 9.44. The number of imidazole rings is 1. The van der Waals surface area contributed by atoms with E-state index >= 15 is 0 Å². The minimum Gasteiger partial charge on any atom is -0.378 e. The summed E-state index contributed by atoms with van der Waals surface area (Å²) in [6.45, 7) is 7.55. The van der Waals surface area contributed by atoms with Gasteiger partial charge < -0.3 is 15.0 Å². The van der Waals surface area contributed by atoms with Gasteiger partial charge in [0.2, 0.25) is 5.95 Å². The molecule has 0 aliphatic carbocycles. The number of nitrogens with one attached hydrogen (secondary N) is 1. The van der Waals surface area contributed by atoms with Crippen molar-refractivity contribution in [3.05, 3.63) is 41.0 Å². The van der Waals surface area contributed by atoms with Crippen molar-refractivity contribution < 1.29 is 4.74 Å². The number of para-hydroxylation sites is 2. The predicted molar refractivity (Wildman–Crippen MR) is 125 cm³/mol. The summed E-state index contributed by atoms with van der Waals surface area (Å²) in [5.74, 6) is 3.47. The topological polar surface area (TPSA) is 68.1 Å². The van der Waals surface area contributed by atoms with Gasteiger partial charge >= 0.3 is 0 Å². The number of thiophene rings is 1. The Morgan fingerprint density at radius 3 is 2.71 bits per heavy atom. The maximum absolute atomic E-state index is 5.61. The van der Waals surface area contributed by atoms with E-state index in [1.165, 1.54) is 9.58 Å². The molecule has 160 valence electrons. The van der Waals surface area contributed by atoms with Crippen LogP contribution < -0.4 is 10.2 Å². The van der Waals surface area contributed by atoms with Crippen LogP contribution in [0.15, 0.2) is 30.3 Å². The number of ether oxygens (including phenoxy) is 1. The average Bonchev–Trinajstić information content (AvgIpc) is 3.36. The fraction of sp³-hybridized carbons (Fsp3) is 0.435. The van der Waals surface area contributed by atoms with Crippen LogP contribution in [0.2, 0.25) is 0 Å². The first kappa shape index (κ1) is 19.2. The van der Waals surface area contributed by atoms with Gasteiger partial charge in [0, 0.05) is 24.4 Å². The van der Waals surface area contributed by atoms with Crippen molar-refractivity contribution in [3.63, 3.8) is 0 Å². The van der Waals surface area contributed by atoms with Crippen LogP contribution in [0.5, 0.6) is 0 Å². The molecule has 1 aromatic carbocycles. The van der Waals surface area contributed by atoms with E-state index in [0.29, 0.717) is 5.95 Å². The minimum absolute atomic E-state index is 0.717. The lowest BCUT2D eigenvalue weighted by Crippen LogP contribution is -2.42. The molecule has 0 spiro atoms. The Kier molecular flexibility index (Phi) is 4.85. The molecule has 3 aromatic heterocycles. The first-order valence-electron chi connectivity index (χ1n) is 11.1. The molecule has 0 bridgehead atoms. The van der Waals surface area contributed by atoms with E-state index < -0.39 is 0 Å². The Hall–Kier alpha value is -2.55. The number of aryl methyl sites for hydroxylation is 1. The zero-order valence-electron chi connectivity index (χ0n) is 17.7. The number of fused-ring (bicyclic) bond motifs is 2. The Morgan fingerprint density at radius 1 is 1.10 bits per heavy atom. The summed E-state index contributed by atoms with van der Waals surface area (Å²) in [6.07, 6.45) is 1.94. The van der Waals surface area contributed by atoms with Crippen LogP contribution in [0.4, 0.5) is 5.82 Å². The second-order valence-electron chi connectivity index (χ2n) is 8.31. The Balaban J connectivity index is 1.53. The third-order valence-electron chi connectivity index (χ3n) is 6.21. The van der Waals surface area contributed by atoms with Crippen LogP contribution in [0.3, 0.4) is 0 Å². The van der Waals surface area contributed by atoms with Gasteiger partial charge in [-0.15, -0.1) is 11.3 Å². The highest BCUT2D eigenvalue weighted by Gasteiger charge is 2.24. The molecule has 1 N–H and O–H groups in total. The van der Waals surface area contributed by atoms with Crippen LogP contribution in [0.1, 0.15) is 17.6 Å². The highest BCUT2D eigenvalue weighted by atomic mass is 32.1. The zero-order chi connectivity index (χ0) is 20.8. The summed E-state index contributed by atoms with van der Waals surface area (Å²) in [5, 5.41) is 3.38. The molecular weight excluding hydrogens is 408 g/mol. The van der Waals surface area contributed by atoms with Gasteiger partial charge in [-0.25, -0.2) is 9.97 Å². The molecule has 4 aromatic rings. The number of aromatic nitrogens is 4. The van der Waals surface area contributed by atoms with Crippen molar-refractivity contribution >= 4 is 38.4 Å². The van der Waals surface area contributed by atoms with Gasteiger partial charge in [0.25, 0.3) is 0 Å². The molecule has 7 nitrogen and oxygen atoms in total. The van der Waals surface area contributed by atoms with E-state index in [0.717, 1.165) is 86.3 Å². The van der Waals surface area contributed by atoms with E-state index in [4.69, 9.17) is 19.7 Å². The normalized spacial score (nSPS) is 17.5. The van der Waals surface area contributed by atoms with Crippen molar-refractivity contribution in [2.24, 2.45) is 5.92 Å². The summed E-state index contributed by atoms with van der Waals surface area (Å²) in [6, 6.07) is 10.5. The highest BCUT2D eigenvalue weighted by molar-refractivity contribution is 7.19. The van der Waals surface area contributed by atoms with Gasteiger partial charge in [-0.3, -0.25) is 4.57 Å². The van der Waals surface area contributed by atoms with Crippen LogP contribution >= 0.6 is 11.3 Å². The largest absolute Gasteiger partial charge is 0.378 e. The molecule has 2 aliphatic heterocycles. The number of rotatable bonds is 5. The SMILES string of the molecule is CCc1nc2ccccc2n1-c1nc(N2CCOCC2)c2sc(CC3CNC3)cc2n1. The lowest BCUT2D eigenvalue weighted by Gasteiger charge is -2.28. The summed E-state index contributed by atoms with van der Waals surface area (Å²) < 4.78 is 8.93. The van der Waals surface area contributed by atoms with Crippen molar-refractivity contribution in [2.75, 3.05) is 44.3 Å². The van der Waals surface area contributed by atoms with E-state index in [1.807, 2.05) is 17.4 Å². The number of benzene rings is 1. The standard InChI is InChI=1S/C23H26N6OS/c1-2-20-25-17-5-3-4-6-19(17)29(20)23-26-18-12-16(11-15-13-24-14-15)31-21(18)22(27-23)28-7-9-30-10-8-28/h3-6,12,15,24H,2,7-11,13-14H2,1H3. The van der Waals surface area contributed by atoms with Gasteiger partial charge in [-0.2, -0.15) is 4.98 Å². The third-order valence-corrected chi connectivity index (χ3v) is 7.35. The molecule has 2 fully saturated rings. The number of hydrogen-bond acceptors (Lipinski definition) is 7. The fourth-order valence-corrected chi connectivity index (χ4v) is 5.68. The first-order valence-corrected chi connectivity index (χ1v) is 11.9. The van der Waals surface area contributed by atoms with E-state index in [1.54, 1.807) is 0 Å². The number of anilines is 1. The van der Waals surface area contributed by atoms with Crippen LogP contribution in [-0.2, 0) is 17.6 Å². The van der Waals surface area contributed by atoms with Crippen molar-refractivity contribution in [2.45, 2.75) is 19.8 Å². The smallest absolute Gasteiger partial charge is 0.238 e. The second kappa shape index (κ2) is 7.85. The Bertz CT molecular complexity index is 1240. The Morgan fingerprint density at radius 2 is 1.94 bits per heavy atom. The third kappa shape index (κ3) is 3.39. The molecule has 0 atom stereocenters. The average molecular weight is 435 g/mol. The molecule has 8 heteroatoms. The van der Waals surface area contributed by atoms with Crippen molar-refractivity contribution in [1.82, 2.24) is 24.8 Å². The van der Waals surface area contributed by atoms with E-state index in [-0.39, 0.29) is 0 Å². The highest BCUT2D eigenvalue weighted by Crippen LogP contribution is 2.35. The van der Waals surface area contributed by atoms with Crippen LogP contribution in [-0.4, -0.2) is 58.9 Å². The molecule has 0 radical (unpaired) electrons. The molecule has 31 heavy (non-hydrogen) atoms. The van der Waals surface area contributed by atoms with Crippen LogP contribution in [0, 0.1) is 5.92 Å². The summed E-state index contributed by atoms with van der Waals surface area (Å²) >= 11 is 1.85. The molecular formula is C23H26N6OS. The lowest BCUT2D eigenvalue weighted by molar-refractivity contribution is 0.122. The summed E-state index contributed by atoms with van der Waals surface area (Å²) in [4.78, 5) is 18.8. The van der Waals surface area contributed by atoms with Gasteiger partial charge in [-0.1, -0.05) is 19.1 Å². The Labute approximate surface area is 185 Å². The fourth-order valence-electron chi connectivity index (χ4n) is 4.46. The summed E-state index contributed by atoms with van der Waals surface area (Å²) in [5.41, 5.74) is 3.08. The van der Waals surface area contributed by atoms with E-state index in [2.05, 4.69) is 46.0 Å². The first-order chi connectivity index (χ1) is 15.3. The van der Waals surface area contributed by atoms with Crippen molar-refractivity contribution in [3.8, 4) is 5.95 Å². The van der Waals surface area contributed by atoms with Gasteiger partial charge in [0.05, 0.1) is 34.5 Å². The van der Waals surface area contributed by atoms with Crippen LogP contribution in [0.25, 0.3) is 27.2 Å². The number of morpholine rings is 1. The molecule has 0 amide bonds. The lowest BCUT2D eigenvalue weighted by atomic mass is 9.99. The number of nitrogens with zero attached hydrogens (tertiary/aromatic N) is 5. The minimum atomic E-state index is 0.717. The van der Waals surface area contributed by atoms with Gasteiger partial charge in [0.1, 0.15) is 5.82 Å². The maximum atomic E-state index is 5.61. The quantitative estimate of drug-likeness (QED) is 0.520. The molecule has 2 saturated heterocycles. The maximum Gasteiger partial charge on any atom is 0.238 e. The molecule has 6 rings (SSSR count). The summed E-state index contributed by atoms with van der Waals surface area (Å²) in [7, 11) is 0.